The summed E-state index contributed by atoms with van der Waals surface area (Å²) >= 11 is 12.4. The van der Waals surface area contributed by atoms with Crippen LogP contribution in [-0.2, 0) is 11.2 Å². The van der Waals surface area contributed by atoms with Crippen molar-refractivity contribution >= 4 is 40.7 Å². The molecular weight excluding hydrogens is 457 g/mol. The van der Waals surface area contributed by atoms with Crippen molar-refractivity contribution in [2.45, 2.75) is 51.6 Å². The van der Waals surface area contributed by atoms with Crippen molar-refractivity contribution in [2.24, 2.45) is 22.6 Å². The van der Waals surface area contributed by atoms with Gasteiger partial charge in [0.05, 0.1) is 0 Å². The second kappa shape index (κ2) is 9.47. The quantitative estimate of drug-likeness (QED) is 0.585. The van der Waals surface area contributed by atoms with Crippen LogP contribution in [0.3, 0.4) is 0 Å². The Morgan fingerprint density at radius 2 is 1.73 bits per heavy atom. The van der Waals surface area contributed by atoms with E-state index < -0.39 is 11.6 Å². The Balaban J connectivity index is 1.61. The molecule has 0 saturated heterocycles. The van der Waals surface area contributed by atoms with E-state index in [9.17, 15) is 9.59 Å². The number of aliphatic imine (C=N–C) groups is 1. The number of rotatable bonds is 6. The average Bonchev–Trinajstić information content (AvgIpc) is 3.03. The summed E-state index contributed by atoms with van der Waals surface area (Å²) in [5.74, 6) is 0.737. The summed E-state index contributed by atoms with van der Waals surface area (Å²) < 4.78 is 0. The molecule has 0 radical (unpaired) electrons. The Bertz CT molecular complexity index is 1070. The third-order valence-corrected chi connectivity index (χ3v) is 7.48. The van der Waals surface area contributed by atoms with Gasteiger partial charge in [-0.15, -0.1) is 0 Å². The predicted octanol–water partition coefficient (Wildman–Crippen LogP) is 5.51. The number of halogens is 2. The summed E-state index contributed by atoms with van der Waals surface area (Å²) in [7, 11) is 0. The lowest BCUT2D eigenvalue weighted by Gasteiger charge is -2.42. The van der Waals surface area contributed by atoms with E-state index in [1.807, 2.05) is 17.0 Å². The summed E-state index contributed by atoms with van der Waals surface area (Å²) in [6.07, 6.45) is 4.45. The fourth-order valence-corrected chi connectivity index (χ4v) is 5.57. The number of hydrogen-bond acceptors (Lipinski definition) is 3. The van der Waals surface area contributed by atoms with Gasteiger partial charge in [0.2, 0.25) is 5.91 Å². The Labute approximate surface area is 205 Å². The molecule has 2 aliphatic rings. The number of primary amides is 1. The van der Waals surface area contributed by atoms with Crippen LogP contribution in [0, 0.1) is 11.8 Å². The standard InChI is InChI=1S/C26H29Cl2N3O2/c1-16(2)18-7-10-26(11-8-18)30-23(20-13-21(27)15-22(28)14-20)25(33)31(26)12-9-17-3-5-19(6-4-17)24(29)32/h3-6,13-16,18H,7-12H2,1-2H3,(H2,29,32). The molecule has 0 aromatic heterocycles. The van der Waals surface area contributed by atoms with Crippen LogP contribution in [0.25, 0.3) is 0 Å². The average molecular weight is 486 g/mol. The van der Waals surface area contributed by atoms with Crippen molar-refractivity contribution in [1.82, 2.24) is 4.90 Å². The monoisotopic (exact) mass is 485 g/mol. The molecule has 2 N–H and O–H groups in total. The molecule has 1 aliphatic heterocycles. The number of amides is 2. The SMILES string of the molecule is CC(C)C1CCC2(CC1)N=C(c1cc(Cl)cc(Cl)c1)C(=O)N2CCc1ccc(C(N)=O)cc1. The molecule has 5 nitrogen and oxygen atoms in total. The number of benzene rings is 2. The van der Waals surface area contributed by atoms with Crippen LogP contribution < -0.4 is 5.73 Å². The summed E-state index contributed by atoms with van der Waals surface area (Å²) in [5.41, 5.74) is 7.43. The fraction of sp³-hybridized carbons (Fsp3) is 0.423. The van der Waals surface area contributed by atoms with Gasteiger partial charge in [-0.2, -0.15) is 0 Å². The molecule has 2 aromatic carbocycles. The summed E-state index contributed by atoms with van der Waals surface area (Å²) in [6.45, 7) is 5.07. The van der Waals surface area contributed by atoms with Crippen molar-refractivity contribution in [3.8, 4) is 0 Å². The Kier molecular flexibility index (Phi) is 6.83. The molecule has 7 heteroatoms. The van der Waals surface area contributed by atoms with Gasteiger partial charge in [0.1, 0.15) is 11.4 Å². The van der Waals surface area contributed by atoms with Crippen molar-refractivity contribution in [3.63, 3.8) is 0 Å². The van der Waals surface area contributed by atoms with Crippen molar-refractivity contribution < 1.29 is 9.59 Å². The van der Waals surface area contributed by atoms with Crippen LogP contribution in [0.2, 0.25) is 10.0 Å². The Hall–Kier alpha value is -2.37. The van der Waals surface area contributed by atoms with E-state index in [1.165, 1.54) is 0 Å². The minimum Gasteiger partial charge on any atom is -0.366 e. The van der Waals surface area contributed by atoms with Crippen molar-refractivity contribution in [3.05, 3.63) is 69.2 Å². The molecule has 2 aromatic rings. The number of nitrogens with two attached hydrogens (primary N) is 1. The first-order valence-electron chi connectivity index (χ1n) is 11.5. The van der Waals surface area contributed by atoms with Crippen LogP contribution in [0.1, 0.15) is 61.0 Å². The van der Waals surface area contributed by atoms with E-state index in [2.05, 4.69) is 13.8 Å². The van der Waals surface area contributed by atoms with E-state index in [0.29, 0.717) is 51.7 Å². The highest BCUT2D eigenvalue weighted by Crippen LogP contribution is 2.43. The normalized spacial score (nSPS) is 22.8. The number of carbonyl (C=O) groups is 2. The molecule has 1 aliphatic carbocycles. The maximum Gasteiger partial charge on any atom is 0.274 e. The molecule has 1 heterocycles. The number of carbonyl (C=O) groups excluding carboxylic acids is 2. The van der Waals surface area contributed by atoms with Crippen LogP contribution in [0.4, 0.5) is 0 Å². The van der Waals surface area contributed by atoms with Gasteiger partial charge in [-0.1, -0.05) is 49.2 Å². The lowest BCUT2D eigenvalue weighted by Crippen LogP contribution is -2.50. The lowest BCUT2D eigenvalue weighted by atomic mass is 9.76. The van der Waals surface area contributed by atoms with E-state index in [1.54, 1.807) is 30.3 Å². The minimum atomic E-state index is -0.528. The summed E-state index contributed by atoms with van der Waals surface area (Å²) in [5, 5.41) is 0.970. The van der Waals surface area contributed by atoms with E-state index >= 15 is 0 Å². The molecule has 4 rings (SSSR count). The third-order valence-electron chi connectivity index (χ3n) is 7.04. The first-order valence-corrected chi connectivity index (χ1v) is 12.2. The molecule has 1 fully saturated rings. The largest absolute Gasteiger partial charge is 0.366 e. The van der Waals surface area contributed by atoms with Crippen LogP contribution in [0.15, 0.2) is 47.5 Å². The zero-order chi connectivity index (χ0) is 23.8. The highest BCUT2D eigenvalue weighted by molar-refractivity contribution is 6.47. The van der Waals surface area contributed by atoms with Gasteiger partial charge >= 0.3 is 0 Å². The third kappa shape index (κ3) is 4.95. The van der Waals surface area contributed by atoms with Crippen LogP contribution in [0.5, 0.6) is 0 Å². The smallest absolute Gasteiger partial charge is 0.274 e. The maximum atomic E-state index is 13.6. The van der Waals surface area contributed by atoms with Gasteiger partial charge in [0, 0.05) is 27.7 Å². The van der Waals surface area contributed by atoms with Gasteiger partial charge in [0.15, 0.2) is 0 Å². The Morgan fingerprint density at radius 1 is 1.12 bits per heavy atom. The second-order valence-electron chi connectivity index (χ2n) is 9.45. The van der Waals surface area contributed by atoms with E-state index in [0.717, 1.165) is 31.2 Å². The zero-order valence-electron chi connectivity index (χ0n) is 19.0. The maximum absolute atomic E-state index is 13.6. The molecule has 2 amide bonds. The van der Waals surface area contributed by atoms with Gasteiger partial charge in [0.25, 0.3) is 5.91 Å². The minimum absolute atomic E-state index is 0.0786. The highest BCUT2D eigenvalue weighted by Gasteiger charge is 2.48. The first kappa shape index (κ1) is 23.8. The second-order valence-corrected chi connectivity index (χ2v) is 10.3. The molecule has 33 heavy (non-hydrogen) atoms. The van der Waals surface area contributed by atoms with Crippen molar-refractivity contribution in [2.75, 3.05) is 6.54 Å². The van der Waals surface area contributed by atoms with Gasteiger partial charge in [-0.3, -0.25) is 14.6 Å². The predicted molar refractivity (Wildman–Crippen MR) is 133 cm³/mol. The van der Waals surface area contributed by atoms with Crippen LogP contribution >= 0.6 is 23.2 Å². The van der Waals surface area contributed by atoms with Gasteiger partial charge in [-0.25, -0.2) is 0 Å². The lowest BCUT2D eigenvalue weighted by molar-refractivity contribution is -0.129. The topological polar surface area (TPSA) is 75.8 Å². The van der Waals surface area contributed by atoms with Gasteiger partial charge < -0.3 is 10.6 Å². The summed E-state index contributed by atoms with van der Waals surface area (Å²) in [4.78, 5) is 32.0. The number of nitrogens with zero attached hydrogens (tertiary/aromatic N) is 2. The van der Waals surface area contributed by atoms with E-state index in [4.69, 9.17) is 33.9 Å². The van der Waals surface area contributed by atoms with E-state index in [-0.39, 0.29) is 5.91 Å². The molecule has 1 spiro atoms. The molecule has 0 atom stereocenters. The zero-order valence-corrected chi connectivity index (χ0v) is 20.5. The molecule has 0 unspecified atom stereocenters. The highest BCUT2D eigenvalue weighted by atomic mass is 35.5. The van der Waals surface area contributed by atoms with Crippen molar-refractivity contribution in [1.29, 1.82) is 0 Å². The molecular formula is C26H29Cl2N3O2. The Morgan fingerprint density at radius 3 is 2.27 bits per heavy atom. The molecule has 174 valence electrons. The van der Waals surface area contributed by atoms with Crippen LogP contribution in [-0.4, -0.2) is 34.6 Å². The van der Waals surface area contributed by atoms with Gasteiger partial charge in [-0.05, 0) is 79.8 Å². The molecule has 1 saturated carbocycles. The summed E-state index contributed by atoms with van der Waals surface area (Å²) in [6, 6.07) is 12.4. The first-order chi connectivity index (χ1) is 15.7. The molecule has 0 bridgehead atoms. The number of hydrogen-bond donors (Lipinski definition) is 1. The fourth-order valence-electron chi connectivity index (χ4n) is 5.05.